The first-order valence-corrected chi connectivity index (χ1v) is 8.19. The standard InChI is InChI=1S/C14H29NOS/c1-6-12(10-17-5)15(4)9-11-7-8-14(2,3)13(11)16/h11-13,16H,6-10H2,1-5H3. The highest BCUT2D eigenvalue weighted by Gasteiger charge is 2.41. The third-order valence-corrected chi connectivity index (χ3v) is 5.10. The average molecular weight is 259 g/mol. The summed E-state index contributed by atoms with van der Waals surface area (Å²) in [5.41, 5.74) is 0.118. The van der Waals surface area contributed by atoms with Crippen molar-refractivity contribution in [1.82, 2.24) is 4.90 Å². The fraction of sp³-hybridized carbons (Fsp3) is 1.00. The second-order valence-corrected chi connectivity index (χ2v) is 7.10. The molecule has 1 rings (SSSR count). The van der Waals surface area contributed by atoms with Crippen LogP contribution < -0.4 is 0 Å². The second kappa shape index (κ2) is 6.44. The molecule has 0 aromatic rings. The van der Waals surface area contributed by atoms with E-state index in [1.165, 1.54) is 18.6 Å². The van der Waals surface area contributed by atoms with Crippen LogP contribution in [0, 0.1) is 11.3 Å². The smallest absolute Gasteiger partial charge is 0.0631 e. The number of nitrogens with zero attached hydrogens (tertiary/aromatic N) is 1. The number of rotatable bonds is 6. The summed E-state index contributed by atoms with van der Waals surface area (Å²) in [5, 5.41) is 10.3. The van der Waals surface area contributed by atoms with E-state index in [1.54, 1.807) is 0 Å². The van der Waals surface area contributed by atoms with Crippen molar-refractivity contribution in [3.05, 3.63) is 0 Å². The molecule has 17 heavy (non-hydrogen) atoms. The highest BCUT2D eigenvalue weighted by Crippen LogP contribution is 2.41. The highest BCUT2D eigenvalue weighted by molar-refractivity contribution is 7.98. The molecule has 2 nitrogen and oxygen atoms in total. The van der Waals surface area contributed by atoms with Gasteiger partial charge in [-0.05, 0) is 43.9 Å². The normalized spacial score (nSPS) is 29.8. The topological polar surface area (TPSA) is 23.5 Å². The Labute approximate surface area is 111 Å². The van der Waals surface area contributed by atoms with Crippen LogP contribution >= 0.6 is 11.8 Å². The van der Waals surface area contributed by atoms with Gasteiger partial charge in [-0.15, -0.1) is 0 Å². The van der Waals surface area contributed by atoms with Gasteiger partial charge in [0.05, 0.1) is 6.10 Å². The highest BCUT2D eigenvalue weighted by atomic mass is 32.2. The third-order valence-electron chi connectivity index (χ3n) is 4.38. The van der Waals surface area contributed by atoms with Gasteiger partial charge in [-0.1, -0.05) is 20.8 Å². The summed E-state index contributed by atoms with van der Waals surface area (Å²) in [7, 11) is 2.21. The molecule has 1 fully saturated rings. The summed E-state index contributed by atoms with van der Waals surface area (Å²) in [6.07, 6.45) is 5.57. The zero-order chi connectivity index (χ0) is 13.1. The van der Waals surface area contributed by atoms with Gasteiger partial charge in [0.1, 0.15) is 0 Å². The maximum atomic E-state index is 10.3. The molecule has 0 amide bonds. The van der Waals surface area contributed by atoms with Crippen molar-refractivity contribution in [1.29, 1.82) is 0 Å². The Morgan fingerprint density at radius 1 is 1.47 bits per heavy atom. The molecule has 0 bridgehead atoms. The van der Waals surface area contributed by atoms with E-state index in [0.717, 1.165) is 13.0 Å². The van der Waals surface area contributed by atoms with Crippen molar-refractivity contribution >= 4 is 11.8 Å². The second-order valence-electron chi connectivity index (χ2n) is 6.19. The molecule has 0 spiro atoms. The molecule has 3 heteroatoms. The Morgan fingerprint density at radius 3 is 2.53 bits per heavy atom. The van der Waals surface area contributed by atoms with Gasteiger partial charge in [-0.2, -0.15) is 11.8 Å². The summed E-state index contributed by atoms with van der Waals surface area (Å²) in [5.74, 6) is 1.66. The van der Waals surface area contributed by atoms with Gasteiger partial charge in [0.2, 0.25) is 0 Å². The molecule has 3 unspecified atom stereocenters. The van der Waals surface area contributed by atoms with Crippen molar-refractivity contribution in [2.75, 3.05) is 25.6 Å². The molecule has 0 radical (unpaired) electrons. The summed E-state index contributed by atoms with van der Waals surface area (Å²) in [6.45, 7) is 7.68. The summed E-state index contributed by atoms with van der Waals surface area (Å²) in [6, 6.07) is 0.654. The molecule has 102 valence electrons. The minimum Gasteiger partial charge on any atom is -0.392 e. The lowest BCUT2D eigenvalue weighted by Crippen LogP contribution is -2.40. The third kappa shape index (κ3) is 3.87. The van der Waals surface area contributed by atoms with Gasteiger partial charge >= 0.3 is 0 Å². The largest absolute Gasteiger partial charge is 0.392 e. The number of aliphatic hydroxyl groups is 1. The number of hydrogen-bond donors (Lipinski definition) is 1. The van der Waals surface area contributed by atoms with Crippen LogP contribution in [0.5, 0.6) is 0 Å². The van der Waals surface area contributed by atoms with E-state index in [0.29, 0.717) is 12.0 Å². The van der Waals surface area contributed by atoms with Crippen LogP contribution in [0.25, 0.3) is 0 Å². The predicted molar refractivity (Wildman–Crippen MR) is 77.6 cm³/mol. The number of thioether (sulfide) groups is 1. The molecule has 3 atom stereocenters. The van der Waals surface area contributed by atoms with Crippen molar-refractivity contribution in [3.63, 3.8) is 0 Å². The predicted octanol–water partition coefficient (Wildman–Crippen LogP) is 2.86. The van der Waals surface area contributed by atoms with E-state index in [2.05, 4.69) is 39.0 Å². The van der Waals surface area contributed by atoms with Crippen molar-refractivity contribution < 1.29 is 5.11 Å². The van der Waals surface area contributed by atoms with Gasteiger partial charge in [0.25, 0.3) is 0 Å². The zero-order valence-electron chi connectivity index (χ0n) is 12.1. The first-order valence-electron chi connectivity index (χ1n) is 6.79. The van der Waals surface area contributed by atoms with Crippen molar-refractivity contribution in [2.24, 2.45) is 11.3 Å². The lowest BCUT2D eigenvalue weighted by Gasteiger charge is -2.32. The molecule has 0 aliphatic heterocycles. The van der Waals surface area contributed by atoms with E-state index in [9.17, 15) is 5.11 Å². The zero-order valence-corrected chi connectivity index (χ0v) is 12.9. The van der Waals surface area contributed by atoms with Gasteiger partial charge in [-0.3, -0.25) is 0 Å². The molecular formula is C14H29NOS. The van der Waals surface area contributed by atoms with Gasteiger partial charge < -0.3 is 10.0 Å². The summed E-state index contributed by atoms with van der Waals surface area (Å²) < 4.78 is 0. The maximum absolute atomic E-state index is 10.3. The maximum Gasteiger partial charge on any atom is 0.0631 e. The quantitative estimate of drug-likeness (QED) is 0.793. The van der Waals surface area contributed by atoms with Crippen molar-refractivity contribution in [3.8, 4) is 0 Å². The summed E-state index contributed by atoms with van der Waals surface area (Å²) in [4.78, 5) is 2.45. The molecule has 0 saturated heterocycles. The first kappa shape index (κ1) is 15.3. The van der Waals surface area contributed by atoms with Gasteiger partial charge in [0.15, 0.2) is 0 Å². The molecule has 0 aromatic heterocycles. The van der Waals surface area contributed by atoms with E-state index in [-0.39, 0.29) is 11.5 Å². The Balaban J connectivity index is 2.48. The molecule has 1 N–H and O–H groups in total. The van der Waals surface area contributed by atoms with Crippen LogP contribution in [0.15, 0.2) is 0 Å². The lowest BCUT2D eigenvalue weighted by atomic mass is 9.87. The Kier molecular flexibility index (Phi) is 5.81. The number of hydrogen-bond acceptors (Lipinski definition) is 3. The van der Waals surface area contributed by atoms with E-state index < -0.39 is 0 Å². The fourth-order valence-electron chi connectivity index (χ4n) is 2.96. The molecule has 0 heterocycles. The molecule has 1 aliphatic rings. The van der Waals surface area contributed by atoms with Gasteiger partial charge in [0, 0.05) is 18.3 Å². The van der Waals surface area contributed by atoms with E-state index in [1.807, 2.05) is 11.8 Å². The van der Waals surface area contributed by atoms with Crippen LogP contribution in [0.3, 0.4) is 0 Å². The molecule has 1 saturated carbocycles. The lowest BCUT2D eigenvalue weighted by molar-refractivity contribution is 0.0317. The molecule has 0 aromatic carbocycles. The average Bonchev–Trinajstić information content (AvgIpc) is 2.53. The molecule has 1 aliphatic carbocycles. The van der Waals surface area contributed by atoms with Crippen LogP contribution in [0.2, 0.25) is 0 Å². The Bertz CT molecular complexity index is 232. The Morgan fingerprint density at radius 2 is 2.12 bits per heavy atom. The molecular weight excluding hydrogens is 230 g/mol. The minimum absolute atomic E-state index is 0.118. The van der Waals surface area contributed by atoms with Gasteiger partial charge in [-0.25, -0.2) is 0 Å². The van der Waals surface area contributed by atoms with Crippen molar-refractivity contribution in [2.45, 2.75) is 52.2 Å². The fourth-order valence-corrected chi connectivity index (χ4v) is 3.84. The first-order chi connectivity index (χ1) is 7.92. The van der Waals surface area contributed by atoms with Crippen LogP contribution in [-0.4, -0.2) is 47.8 Å². The van der Waals surface area contributed by atoms with Crippen LogP contribution in [0.4, 0.5) is 0 Å². The van der Waals surface area contributed by atoms with E-state index in [4.69, 9.17) is 0 Å². The van der Waals surface area contributed by atoms with Crippen LogP contribution in [-0.2, 0) is 0 Å². The summed E-state index contributed by atoms with van der Waals surface area (Å²) >= 11 is 1.92. The monoisotopic (exact) mass is 259 g/mol. The SMILES string of the molecule is CCC(CSC)N(C)CC1CCC(C)(C)C1O. The van der Waals surface area contributed by atoms with E-state index >= 15 is 0 Å². The number of aliphatic hydroxyl groups excluding tert-OH is 1. The Hall–Kier alpha value is 0.270. The van der Waals surface area contributed by atoms with Crippen LogP contribution in [0.1, 0.15) is 40.0 Å². The minimum atomic E-state index is -0.128.